The molecule has 8 nitrogen and oxygen atoms in total. The van der Waals surface area contributed by atoms with Crippen LogP contribution >= 0.6 is 0 Å². The number of hydrogen-bond acceptors (Lipinski definition) is 5. The zero-order chi connectivity index (χ0) is 31.6. The number of ether oxygens (including phenoxy) is 1. The van der Waals surface area contributed by atoms with Crippen molar-refractivity contribution in [3.05, 3.63) is 95.8 Å². The molecule has 0 saturated heterocycles. The van der Waals surface area contributed by atoms with Gasteiger partial charge in [0, 0.05) is 31.5 Å². The fourth-order valence-corrected chi connectivity index (χ4v) is 5.69. The van der Waals surface area contributed by atoms with Crippen LogP contribution in [-0.4, -0.2) is 56.1 Å². The van der Waals surface area contributed by atoms with Crippen LogP contribution in [0.1, 0.15) is 51.7 Å². The Morgan fingerprint density at radius 3 is 2.16 bits per heavy atom. The number of benzene rings is 3. The van der Waals surface area contributed by atoms with Crippen molar-refractivity contribution >= 4 is 27.5 Å². The van der Waals surface area contributed by atoms with E-state index in [9.17, 15) is 22.4 Å². The van der Waals surface area contributed by atoms with Gasteiger partial charge in [-0.25, -0.2) is 12.8 Å². The van der Waals surface area contributed by atoms with Crippen LogP contribution in [0, 0.1) is 5.82 Å². The number of hydrogen-bond donors (Lipinski definition) is 1. The highest BCUT2D eigenvalue weighted by atomic mass is 32.2. The maximum atomic E-state index is 13.9. The molecular weight excluding hydrogens is 569 g/mol. The molecule has 2 amide bonds. The summed E-state index contributed by atoms with van der Waals surface area (Å²) < 4.78 is 46.2. The molecule has 0 aliphatic carbocycles. The third kappa shape index (κ3) is 10.4. The molecule has 10 heteroatoms. The predicted molar refractivity (Wildman–Crippen MR) is 168 cm³/mol. The number of carbonyl (C=O) groups is 2. The Morgan fingerprint density at radius 1 is 0.930 bits per heavy atom. The average Bonchev–Trinajstić information content (AvgIpc) is 2.93. The van der Waals surface area contributed by atoms with Crippen molar-refractivity contribution in [3.63, 3.8) is 0 Å². The van der Waals surface area contributed by atoms with Gasteiger partial charge < -0.3 is 15.0 Å². The summed E-state index contributed by atoms with van der Waals surface area (Å²) in [6.07, 6.45) is 1.57. The number of nitrogens with zero attached hydrogens (tertiary/aromatic N) is 2. The summed E-state index contributed by atoms with van der Waals surface area (Å²) in [6, 6.07) is 21.3. The van der Waals surface area contributed by atoms with E-state index in [0.717, 1.165) is 11.8 Å². The normalized spacial score (nSPS) is 12.3. The summed E-state index contributed by atoms with van der Waals surface area (Å²) in [5.41, 5.74) is 1.40. The molecule has 43 heavy (non-hydrogen) atoms. The number of sulfonamides is 1. The fraction of sp³-hybridized carbons (Fsp3) is 0.394. The van der Waals surface area contributed by atoms with E-state index in [1.165, 1.54) is 21.3 Å². The maximum Gasteiger partial charge on any atom is 0.243 e. The van der Waals surface area contributed by atoms with E-state index in [0.29, 0.717) is 23.6 Å². The van der Waals surface area contributed by atoms with Crippen molar-refractivity contribution in [2.45, 2.75) is 65.1 Å². The summed E-state index contributed by atoms with van der Waals surface area (Å²) in [4.78, 5) is 29.1. The Balaban J connectivity index is 1.91. The Labute approximate surface area is 254 Å². The lowest BCUT2D eigenvalue weighted by molar-refractivity contribution is -0.142. The van der Waals surface area contributed by atoms with Crippen LogP contribution in [0.2, 0.25) is 0 Å². The van der Waals surface area contributed by atoms with Crippen molar-refractivity contribution in [3.8, 4) is 5.75 Å². The van der Waals surface area contributed by atoms with Gasteiger partial charge in [0.15, 0.2) is 0 Å². The van der Waals surface area contributed by atoms with E-state index in [1.807, 2.05) is 58.0 Å². The number of para-hydroxylation sites is 2. The molecule has 0 saturated carbocycles. The van der Waals surface area contributed by atoms with Crippen molar-refractivity contribution < 1.29 is 27.1 Å². The standard InChI is InChI=1S/C33H42FN3O5S/c1-6-42-30-16-11-10-15-28(30)37(43(5,40)41)22-12-17-31(38)36(24-26-18-20-27(34)21-19-26)29(32(39)35-33(2,3)4)23-25-13-8-7-9-14-25/h7-11,13-16,18-21,29H,6,12,17,22-24H2,1-5H3,(H,35,39). The lowest BCUT2D eigenvalue weighted by Crippen LogP contribution is -2.54. The van der Waals surface area contributed by atoms with Crippen molar-refractivity contribution in [2.24, 2.45) is 0 Å². The third-order valence-corrected chi connectivity index (χ3v) is 7.80. The van der Waals surface area contributed by atoms with Gasteiger partial charge in [-0.15, -0.1) is 0 Å². The SMILES string of the molecule is CCOc1ccccc1N(CCCC(=O)N(Cc1ccc(F)cc1)C(Cc1ccccc1)C(=O)NC(C)(C)C)S(C)(=O)=O. The molecule has 0 aliphatic heterocycles. The minimum Gasteiger partial charge on any atom is -0.492 e. The Morgan fingerprint density at radius 2 is 1.56 bits per heavy atom. The molecule has 1 unspecified atom stereocenters. The number of rotatable bonds is 14. The largest absolute Gasteiger partial charge is 0.492 e. The first-order chi connectivity index (χ1) is 20.3. The van der Waals surface area contributed by atoms with Gasteiger partial charge in [0.25, 0.3) is 0 Å². The van der Waals surface area contributed by atoms with Crippen LogP contribution in [-0.2, 0) is 32.6 Å². The second-order valence-corrected chi connectivity index (χ2v) is 13.3. The van der Waals surface area contributed by atoms with E-state index in [-0.39, 0.29) is 44.2 Å². The van der Waals surface area contributed by atoms with Crippen LogP contribution in [0.5, 0.6) is 5.75 Å². The zero-order valence-corrected chi connectivity index (χ0v) is 26.4. The number of halogens is 1. The van der Waals surface area contributed by atoms with Crippen LogP contribution in [0.15, 0.2) is 78.9 Å². The second-order valence-electron chi connectivity index (χ2n) is 11.4. The van der Waals surface area contributed by atoms with Gasteiger partial charge in [0.2, 0.25) is 21.8 Å². The van der Waals surface area contributed by atoms with Crippen molar-refractivity contribution in [1.82, 2.24) is 10.2 Å². The van der Waals surface area contributed by atoms with Crippen molar-refractivity contribution in [2.75, 3.05) is 23.7 Å². The molecule has 0 aliphatic rings. The highest BCUT2D eigenvalue weighted by Gasteiger charge is 2.32. The molecule has 1 atom stereocenters. The Hall–Kier alpha value is -3.92. The van der Waals surface area contributed by atoms with Gasteiger partial charge in [-0.05, 0) is 69.5 Å². The Bertz CT molecular complexity index is 1460. The molecule has 0 aromatic heterocycles. The smallest absolute Gasteiger partial charge is 0.243 e. The Kier molecular flexibility index (Phi) is 11.7. The van der Waals surface area contributed by atoms with E-state index in [2.05, 4.69) is 5.32 Å². The van der Waals surface area contributed by atoms with E-state index < -0.39 is 27.4 Å². The molecule has 0 heterocycles. The number of anilines is 1. The molecule has 0 bridgehead atoms. The summed E-state index contributed by atoms with van der Waals surface area (Å²) >= 11 is 0. The molecule has 232 valence electrons. The lowest BCUT2D eigenvalue weighted by Gasteiger charge is -2.34. The van der Waals surface area contributed by atoms with E-state index in [4.69, 9.17) is 4.74 Å². The minimum absolute atomic E-state index is 0.0158. The molecular formula is C33H42FN3O5S. The molecule has 0 spiro atoms. The first-order valence-electron chi connectivity index (χ1n) is 14.4. The molecule has 1 N–H and O–H groups in total. The quantitative estimate of drug-likeness (QED) is 0.266. The summed E-state index contributed by atoms with van der Waals surface area (Å²) in [5.74, 6) is -0.598. The van der Waals surface area contributed by atoms with Crippen LogP contribution in [0.25, 0.3) is 0 Å². The summed E-state index contributed by atoms with van der Waals surface area (Å²) in [7, 11) is -3.69. The number of nitrogens with one attached hydrogen (secondary N) is 1. The second kappa shape index (κ2) is 15.0. The van der Waals surface area contributed by atoms with Crippen LogP contribution in [0.3, 0.4) is 0 Å². The summed E-state index contributed by atoms with van der Waals surface area (Å²) in [6.45, 7) is 7.92. The van der Waals surface area contributed by atoms with Gasteiger partial charge in [-0.2, -0.15) is 0 Å². The minimum atomic E-state index is -3.69. The first kappa shape index (κ1) is 33.6. The number of carbonyl (C=O) groups excluding carboxylic acids is 2. The fourth-order valence-electron chi connectivity index (χ4n) is 4.72. The molecule has 3 aromatic carbocycles. The van der Waals surface area contributed by atoms with Gasteiger partial charge in [0.1, 0.15) is 17.6 Å². The van der Waals surface area contributed by atoms with Crippen LogP contribution in [0.4, 0.5) is 10.1 Å². The maximum absolute atomic E-state index is 13.9. The van der Waals surface area contributed by atoms with Crippen LogP contribution < -0.4 is 14.4 Å². The third-order valence-electron chi connectivity index (χ3n) is 6.62. The zero-order valence-electron chi connectivity index (χ0n) is 25.5. The molecule has 3 aromatic rings. The van der Waals surface area contributed by atoms with Gasteiger partial charge in [-0.3, -0.25) is 13.9 Å². The average molecular weight is 612 g/mol. The predicted octanol–water partition coefficient (Wildman–Crippen LogP) is 5.33. The van der Waals surface area contributed by atoms with E-state index in [1.54, 1.807) is 36.4 Å². The van der Waals surface area contributed by atoms with E-state index >= 15 is 0 Å². The van der Waals surface area contributed by atoms with Crippen molar-refractivity contribution in [1.29, 1.82) is 0 Å². The van der Waals surface area contributed by atoms with Gasteiger partial charge in [0.05, 0.1) is 18.6 Å². The lowest BCUT2D eigenvalue weighted by atomic mass is 10.00. The monoisotopic (exact) mass is 611 g/mol. The molecule has 3 rings (SSSR count). The van der Waals surface area contributed by atoms with Gasteiger partial charge in [-0.1, -0.05) is 54.6 Å². The number of amides is 2. The first-order valence-corrected chi connectivity index (χ1v) is 16.2. The molecule has 0 fully saturated rings. The highest BCUT2D eigenvalue weighted by molar-refractivity contribution is 7.92. The summed E-state index contributed by atoms with van der Waals surface area (Å²) in [5, 5.41) is 3.01. The highest BCUT2D eigenvalue weighted by Crippen LogP contribution is 2.30. The van der Waals surface area contributed by atoms with Gasteiger partial charge >= 0.3 is 0 Å². The topological polar surface area (TPSA) is 96.0 Å². The molecule has 0 radical (unpaired) electrons.